The Morgan fingerprint density at radius 1 is 0.769 bits per heavy atom. The summed E-state index contributed by atoms with van der Waals surface area (Å²) >= 11 is 0. The normalized spacial score (nSPS) is 10.5. The number of ketones is 2. The number of ether oxygens (including phenoxy) is 2. The van der Waals surface area contributed by atoms with Gasteiger partial charge in [0.15, 0.2) is 34.6 Å². The van der Waals surface area contributed by atoms with Gasteiger partial charge in [-0.2, -0.15) is 0 Å². The highest BCUT2D eigenvalue weighted by Crippen LogP contribution is 2.46. The number of phenolic OH excluding ortho intramolecular Hbond substituents is 2. The van der Waals surface area contributed by atoms with Crippen LogP contribution in [0.3, 0.4) is 0 Å². The van der Waals surface area contributed by atoms with Crippen LogP contribution >= 0.6 is 0 Å². The molecular weight excluding hydrogens is 336 g/mol. The molecule has 0 radical (unpaired) electrons. The molecule has 0 spiro atoms. The van der Waals surface area contributed by atoms with Crippen LogP contribution in [0.15, 0.2) is 24.3 Å². The molecule has 0 saturated carbocycles. The number of hydrogen-bond acceptors (Lipinski definition) is 6. The third-order valence-corrected chi connectivity index (χ3v) is 4.12. The summed E-state index contributed by atoms with van der Waals surface area (Å²) in [5.74, 6) is -0.500. The van der Waals surface area contributed by atoms with Crippen molar-refractivity contribution in [2.45, 2.75) is 26.7 Å². The van der Waals surface area contributed by atoms with Gasteiger partial charge < -0.3 is 19.7 Å². The zero-order valence-corrected chi connectivity index (χ0v) is 15.3. The molecule has 6 nitrogen and oxygen atoms in total. The molecule has 0 unspecified atom stereocenters. The molecule has 0 heterocycles. The summed E-state index contributed by atoms with van der Waals surface area (Å²) in [6.07, 6.45) is 0.532. The van der Waals surface area contributed by atoms with Gasteiger partial charge in [-0.1, -0.05) is 13.8 Å². The summed E-state index contributed by atoms with van der Waals surface area (Å²) in [7, 11) is 2.76. The maximum absolute atomic E-state index is 12.1. The lowest BCUT2D eigenvalue weighted by atomic mass is 9.95. The maximum atomic E-state index is 12.1. The Bertz CT molecular complexity index is 782. The summed E-state index contributed by atoms with van der Waals surface area (Å²) in [5.41, 5.74) is 1.30. The van der Waals surface area contributed by atoms with Gasteiger partial charge in [0.1, 0.15) is 0 Å². The Morgan fingerprint density at radius 3 is 1.38 bits per heavy atom. The van der Waals surface area contributed by atoms with E-state index in [1.807, 2.05) is 0 Å². The van der Waals surface area contributed by atoms with Crippen LogP contribution in [0.5, 0.6) is 23.0 Å². The van der Waals surface area contributed by atoms with Crippen LogP contribution in [0, 0.1) is 0 Å². The van der Waals surface area contributed by atoms with Crippen molar-refractivity contribution in [1.82, 2.24) is 0 Å². The van der Waals surface area contributed by atoms with Crippen molar-refractivity contribution in [3.05, 3.63) is 35.4 Å². The van der Waals surface area contributed by atoms with Crippen molar-refractivity contribution in [2.75, 3.05) is 14.2 Å². The Labute approximate surface area is 152 Å². The summed E-state index contributed by atoms with van der Waals surface area (Å²) in [6, 6.07) is 5.78. The van der Waals surface area contributed by atoms with E-state index in [9.17, 15) is 19.8 Å². The molecule has 0 aliphatic heterocycles. The minimum atomic E-state index is -0.212. The quantitative estimate of drug-likeness (QED) is 0.728. The molecule has 0 fully saturated rings. The van der Waals surface area contributed by atoms with Gasteiger partial charge in [-0.15, -0.1) is 0 Å². The molecule has 0 atom stereocenters. The monoisotopic (exact) mass is 358 g/mol. The number of benzene rings is 2. The fraction of sp³-hybridized carbons (Fsp3) is 0.300. The van der Waals surface area contributed by atoms with Crippen molar-refractivity contribution in [1.29, 1.82) is 0 Å². The van der Waals surface area contributed by atoms with Crippen LogP contribution in [0.25, 0.3) is 11.1 Å². The summed E-state index contributed by atoms with van der Waals surface area (Å²) in [6.45, 7) is 3.44. The van der Waals surface area contributed by atoms with Crippen LogP contribution in [0.4, 0.5) is 0 Å². The maximum Gasteiger partial charge on any atom is 0.168 e. The molecule has 0 aliphatic rings. The largest absolute Gasteiger partial charge is 0.504 e. The van der Waals surface area contributed by atoms with E-state index in [1.54, 1.807) is 26.0 Å². The average molecular weight is 358 g/mol. The topological polar surface area (TPSA) is 93.1 Å². The van der Waals surface area contributed by atoms with Gasteiger partial charge in [0, 0.05) is 35.1 Å². The highest BCUT2D eigenvalue weighted by atomic mass is 16.5. The standard InChI is InChI=1S/C20H22O6/c1-5-15(21)11-7-13(19(25-3)17(23)9-11)14-8-12(16(22)6-2)10-18(24)20(14)26-4/h7-10,23-24H,5-6H2,1-4H3. The van der Waals surface area contributed by atoms with Gasteiger partial charge in [-0.3, -0.25) is 9.59 Å². The van der Waals surface area contributed by atoms with Crippen molar-refractivity contribution in [2.24, 2.45) is 0 Å². The first kappa shape index (κ1) is 19.3. The second-order valence-electron chi connectivity index (χ2n) is 5.71. The van der Waals surface area contributed by atoms with Gasteiger partial charge >= 0.3 is 0 Å². The summed E-state index contributed by atoms with van der Waals surface area (Å²) in [4.78, 5) is 24.2. The van der Waals surface area contributed by atoms with E-state index < -0.39 is 0 Å². The van der Waals surface area contributed by atoms with Crippen molar-refractivity contribution in [3.8, 4) is 34.1 Å². The number of methoxy groups -OCH3 is 2. The van der Waals surface area contributed by atoms with E-state index in [-0.39, 0.29) is 47.4 Å². The van der Waals surface area contributed by atoms with E-state index in [0.717, 1.165) is 0 Å². The average Bonchev–Trinajstić information content (AvgIpc) is 2.65. The van der Waals surface area contributed by atoms with Gasteiger partial charge in [-0.25, -0.2) is 0 Å². The summed E-state index contributed by atoms with van der Waals surface area (Å²) < 4.78 is 10.6. The van der Waals surface area contributed by atoms with Crippen molar-refractivity contribution in [3.63, 3.8) is 0 Å². The van der Waals surface area contributed by atoms with Crippen LogP contribution in [0.2, 0.25) is 0 Å². The first-order chi connectivity index (χ1) is 12.4. The Morgan fingerprint density at radius 2 is 1.12 bits per heavy atom. The number of aromatic hydroxyl groups is 2. The Balaban J connectivity index is 2.84. The van der Waals surface area contributed by atoms with E-state index in [4.69, 9.17) is 9.47 Å². The molecule has 2 rings (SSSR count). The fourth-order valence-corrected chi connectivity index (χ4v) is 2.79. The van der Waals surface area contributed by atoms with E-state index in [0.29, 0.717) is 22.3 Å². The lowest BCUT2D eigenvalue weighted by molar-refractivity contribution is 0.0980. The summed E-state index contributed by atoms with van der Waals surface area (Å²) in [5, 5.41) is 20.6. The fourth-order valence-electron chi connectivity index (χ4n) is 2.79. The highest BCUT2D eigenvalue weighted by molar-refractivity contribution is 6.01. The lowest BCUT2D eigenvalue weighted by Crippen LogP contribution is -2.02. The van der Waals surface area contributed by atoms with Gasteiger partial charge in [0.25, 0.3) is 0 Å². The molecule has 0 aromatic heterocycles. The van der Waals surface area contributed by atoms with Gasteiger partial charge in [0.05, 0.1) is 14.2 Å². The molecule has 0 bridgehead atoms. The SMILES string of the molecule is CCC(=O)c1cc(O)c(OC)c(-c2cc(C(=O)CC)cc(O)c2OC)c1. The number of phenols is 2. The van der Waals surface area contributed by atoms with Gasteiger partial charge in [0.2, 0.25) is 0 Å². The number of rotatable bonds is 7. The number of Topliss-reactive ketones (excluding diaryl/α,β-unsaturated/α-hetero) is 2. The first-order valence-electron chi connectivity index (χ1n) is 8.26. The molecule has 2 N–H and O–H groups in total. The number of hydrogen-bond donors (Lipinski definition) is 2. The van der Waals surface area contributed by atoms with Crippen molar-refractivity contribution >= 4 is 11.6 Å². The molecule has 138 valence electrons. The Hall–Kier alpha value is -3.02. The first-order valence-corrected chi connectivity index (χ1v) is 8.26. The number of carbonyl (C=O) groups excluding carboxylic acids is 2. The van der Waals surface area contributed by atoms with Crippen molar-refractivity contribution < 1.29 is 29.3 Å². The molecule has 0 aliphatic carbocycles. The minimum Gasteiger partial charge on any atom is -0.504 e. The molecule has 26 heavy (non-hydrogen) atoms. The zero-order chi connectivity index (χ0) is 19.4. The van der Waals surface area contributed by atoms with Crippen LogP contribution in [0.1, 0.15) is 47.4 Å². The van der Waals surface area contributed by atoms with E-state index in [1.165, 1.54) is 26.4 Å². The predicted molar refractivity (Wildman–Crippen MR) is 97.6 cm³/mol. The van der Waals surface area contributed by atoms with E-state index >= 15 is 0 Å². The van der Waals surface area contributed by atoms with E-state index in [2.05, 4.69) is 0 Å². The molecule has 0 saturated heterocycles. The minimum absolute atomic E-state index is 0.122. The molecule has 6 heteroatoms. The third-order valence-electron chi connectivity index (χ3n) is 4.12. The molecule has 2 aromatic carbocycles. The second-order valence-corrected chi connectivity index (χ2v) is 5.71. The second kappa shape index (κ2) is 7.91. The van der Waals surface area contributed by atoms with Gasteiger partial charge in [-0.05, 0) is 24.3 Å². The third kappa shape index (κ3) is 3.49. The van der Waals surface area contributed by atoms with Crippen LogP contribution in [-0.4, -0.2) is 36.0 Å². The smallest absolute Gasteiger partial charge is 0.168 e. The van der Waals surface area contributed by atoms with Crippen LogP contribution < -0.4 is 9.47 Å². The Kier molecular flexibility index (Phi) is 5.87. The molecule has 0 amide bonds. The molecular formula is C20H22O6. The lowest BCUT2D eigenvalue weighted by Gasteiger charge is -2.17. The number of carbonyl (C=O) groups is 2. The zero-order valence-electron chi connectivity index (χ0n) is 15.3. The molecule has 2 aromatic rings. The highest BCUT2D eigenvalue weighted by Gasteiger charge is 2.22. The van der Waals surface area contributed by atoms with Crippen LogP contribution in [-0.2, 0) is 0 Å². The predicted octanol–water partition coefficient (Wildman–Crippen LogP) is 3.97.